The average molecular weight is 482 g/mol. The zero-order valence-electron chi connectivity index (χ0n) is 19.4. The molecule has 4 rings (SSSR count). The summed E-state index contributed by atoms with van der Waals surface area (Å²) < 4.78 is 0. The molecule has 0 spiro atoms. The van der Waals surface area contributed by atoms with Crippen molar-refractivity contribution in [2.45, 2.75) is 64.3 Å². The predicted molar refractivity (Wildman–Crippen MR) is 130 cm³/mol. The van der Waals surface area contributed by atoms with Crippen LogP contribution in [0.3, 0.4) is 0 Å². The SMILES string of the molecule is CC(=O)C1=C(O)C(CO)C(CC2CC(=O)c3c(ccc(NC4CCCC4)c3O)C2)CC1=O.O.O.[HH].[HH]. The summed E-state index contributed by atoms with van der Waals surface area (Å²) in [5.41, 5.74) is 1.56. The third kappa shape index (κ3) is 5.16. The third-order valence-electron chi connectivity index (χ3n) is 7.33. The second-order valence-electron chi connectivity index (χ2n) is 9.55. The molecule has 1 aromatic carbocycles. The number of phenols is 1. The van der Waals surface area contributed by atoms with Gasteiger partial charge >= 0.3 is 0 Å². The van der Waals surface area contributed by atoms with Crippen LogP contribution in [0.2, 0.25) is 0 Å². The van der Waals surface area contributed by atoms with Gasteiger partial charge in [0.1, 0.15) is 11.5 Å². The van der Waals surface area contributed by atoms with E-state index in [-0.39, 0.29) is 68.0 Å². The molecule has 8 N–H and O–H groups in total. The second-order valence-corrected chi connectivity index (χ2v) is 9.55. The molecule has 0 bridgehead atoms. The van der Waals surface area contributed by atoms with Gasteiger partial charge in [0.2, 0.25) is 0 Å². The number of aliphatic hydroxyl groups is 2. The van der Waals surface area contributed by atoms with Crippen LogP contribution in [0, 0.1) is 17.8 Å². The molecule has 1 aromatic rings. The van der Waals surface area contributed by atoms with Gasteiger partial charge in [0.25, 0.3) is 0 Å². The van der Waals surface area contributed by atoms with Crippen LogP contribution in [0.4, 0.5) is 5.69 Å². The molecule has 0 amide bonds. The van der Waals surface area contributed by atoms with E-state index in [0.717, 1.165) is 18.4 Å². The van der Waals surface area contributed by atoms with Crippen LogP contribution in [-0.4, -0.2) is 56.3 Å². The van der Waals surface area contributed by atoms with E-state index in [1.54, 1.807) is 0 Å². The Morgan fingerprint density at radius 1 is 1.06 bits per heavy atom. The number of nitrogens with one attached hydrogen (secondary N) is 1. The number of aliphatic hydroxyl groups excluding tert-OH is 2. The van der Waals surface area contributed by atoms with Crippen molar-refractivity contribution in [1.82, 2.24) is 0 Å². The molecular weight excluding hydrogens is 442 g/mol. The Kier molecular flexibility index (Phi) is 8.99. The number of hydrogen-bond donors (Lipinski definition) is 4. The van der Waals surface area contributed by atoms with Crippen LogP contribution in [0.25, 0.3) is 0 Å². The smallest absolute Gasteiger partial charge is 0.170 e. The molecule has 0 aromatic heterocycles. The molecule has 0 heterocycles. The molecule has 0 saturated heterocycles. The molecule has 0 radical (unpaired) electrons. The number of phenolic OH excluding ortho intramolecular Hbond substituents is 1. The number of allylic oxidation sites excluding steroid dienone is 1. The minimum absolute atomic E-state index is 0. The van der Waals surface area contributed by atoms with Crippen LogP contribution >= 0.6 is 0 Å². The number of carbonyl (C=O) groups excluding carboxylic acids is 3. The average Bonchev–Trinajstić information content (AvgIpc) is 3.23. The minimum Gasteiger partial charge on any atom is -0.511 e. The van der Waals surface area contributed by atoms with Crippen LogP contribution < -0.4 is 5.32 Å². The quantitative estimate of drug-likeness (QED) is 0.354. The van der Waals surface area contributed by atoms with Crippen LogP contribution in [0.1, 0.15) is 70.6 Å². The fourth-order valence-corrected chi connectivity index (χ4v) is 5.76. The molecular formula is C25H39NO8. The van der Waals surface area contributed by atoms with Gasteiger partial charge < -0.3 is 31.6 Å². The summed E-state index contributed by atoms with van der Waals surface area (Å²) in [6.07, 6.45) is 5.81. The minimum atomic E-state index is -0.686. The van der Waals surface area contributed by atoms with Crippen molar-refractivity contribution >= 4 is 23.0 Å². The van der Waals surface area contributed by atoms with E-state index in [9.17, 15) is 29.7 Å². The van der Waals surface area contributed by atoms with E-state index in [0.29, 0.717) is 30.1 Å². The molecule has 3 atom stereocenters. The summed E-state index contributed by atoms with van der Waals surface area (Å²) >= 11 is 0. The van der Waals surface area contributed by atoms with Gasteiger partial charge in [-0.3, -0.25) is 14.4 Å². The highest BCUT2D eigenvalue weighted by Gasteiger charge is 2.40. The topological polar surface area (TPSA) is 187 Å². The maximum absolute atomic E-state index is 13.0. The molecule has 3 aliphatic rings. The molecule has 192 valence electrons. The van der Waals surface area contributed by atoms with Crippen molar-refractivity contribution in [1.29, 1.82) is 0 Å². The first kappa shape index (κ1) is 27.5. The number of hydrogen-bond acceptors (Lipinski definition) is 7. The van der Waals surface area contributed by atoms with Gasteiger partial charge in [0.05, 0.1) is 23.4 Å². The number of ketones is 3. The molecule has 3 unspecified atom stereocenters. The van der Waals surface area contributed by atoms with E-state index in [4.69, 9.17) is 0 Å². The number of anilines is 1. The monoisotopic (exact) mass is 481 g/mol. The zero-order chi connectivity index (χ0) is 23.0. The van der Waals surface area contributed by atoms with Gasteiger partial charge in [-0.15, -0.1) is 0 Å². The Morgan fingerprint density at radius 3 is 2.35 bits per heavy atom. The van der Waals surface area contributed by atoms with Crippen molar-refractivity contribution in [2.75, 3.05) is 11.9 Å². The third-order valence-corrected chi connectivity index (χ3v) is 7.33. The summed E-state index contributed by atoms with van der Waals surface area (Å²) in [5.74, 6) is -2.44. The lowest BCUT2D eigenvalue weighted by atomic mass is 9.70. The fraction of sp³-hybridized carbons (Fsp3) is 0.560. The number of fused-ring (bicyclic) bond motifs is 1. The van der Waals surface area contributed by atoms with Crippen molar-refractivity contribution < 1.29 is 43.5 Å². The Hall–Kier alpha value is -2.75. The van der Waals surface area contributed by atoms with Crippen LogP contribution in [0.15, 0.2) is 23.5 Å². The highest BCUT2D eigenvalue weighted by Crippen LogP contribution is 2.42. The summed E-state index contributed by atoms with van der Waals surface area (Å²) in [6.45, 7) is 0.867. The highest BCUT2D eigenvalue weighted by molar-refractivity contribution is 6.20. The number of benzene rings is 1. The fourth-order valence-electron chi connectivity index (χ4n) is 5.76. The lowest BCUT2D eigenvalue weighted by Crippen LogP contribution is -2.35. The van der Waals surface area contributed by atoms with Gasteiger partial charge in [0.15, 0.2) is 17.3 Å². The lowest BCUT2D eigenvalue weighted by Gasteiger charge is -2.34. The van der Waals surface area contributed by atoms with E-state index in [2.05, 4.69) is 5.32 Å². The Balaban J connectivity index is 0.00000306. The lowest BCUT2D eigenvalue weighted by molar-refractivity contribution is -0.123. The zero-order valence-corrected chi connectivity index (χ0v) is 19.4. The van der Waals surface area contributed by atoms with E-state index in [1.807, 2.05) is 12.1 Å². The van der Waals surface area contributed by atoms with Gasteiger partial charge in [0, 0.05) is 27.7 Å². The first-order valence-corrected chi connectivity index (χ1v) is 11.5. The van der Waals surface area contributed by atoms with Crippen molar-refractivity contribution in [3.8, 4) is 5.75 Å². The molecule has 34 heavy (non-hydrogen) atoms. The Morgan fingerprint density at radius 2 is 1.74 bits per heavy atom. The van der Waals surface area contributed by atoms with Crippen molar-refractivity contribution in [3.63, 3.8) is 0 Å². The van der Waals surface area contributed by atoms with Crippen LogP contribution in [-0.2, 0) is 16.0 Å². The normalized spacial score (nSPS) is 24.8. The standard InChI is InChI=1S/C25H31NO6.2H2O.2H2/c1-13(28)22-21(30)11-16(18(12-27)24(22)31)9-14-8-15-6-7-19(26-17-4-2-3-5-17)25(32)23(15)20(29)10-14;;;;/h6-7,14,16-18,26-27,31-32H,2-5,8-12H2,1H3;2*1H2;2*1H. The molecule has 1 saturated carbocycles. The van der Waals surface area contributed by atoms with Gasteiger partial charge in [-0.2, -0.15) is 0 Å². The number of carbonyl (C=O) groups is 3. The summed E-state index contributed by atoms with van der Waals surface area (Å²) in [7, 11) is 0. The molecule has 9 nitrogen and oxygen atoms in total. The first-order valence-electron chi connectivity index (χ1n) is 11.5. The van der Waals surface area contributed by atoms with E-state index < -0.39 is 17.5 Å². The van der Waals surface area contributed by atoms with Crippen LogP contribution in [0.5, 0.6) is 5.75 Å². The van der Waals surface area contributed by atoms with E-state index >= 15 is 0 Å². The predicted octanol–water partition coefficient (Wildman–Crippen LogP) is 2.32. The maximum Gasteiger partial charge on any atom is 0.170 e. The summed E-state index contributed by atoms with van der Waals surface area (Å²) in [4.78, 5) is 37.1. The van der Waals surface area contributed by atoms with Gasteiger partial charge in [-0.1, -0.05) is 18.9 Å². The number of aromatic hydroxyl groups is 1. The summed E-state index contributed by atoms with van der Waals surface area (Å²) in [5, 5.41) is 34.4. The van der Waals surface area contributed by atoms with Crippen molar-refractivity contribution in [3.05, 3.63) is 34.6 Å². The summed E-state index contributed by atoms with van der Waals surface area (Å²) in [6, 6.07) is 4.04. The number of rotatable bonds is 6. The molecule has 1 fully saturated rings. The first-order chi connectivity index (χ1) is 15.3. The molecule has 9 heteroatoms. The van der Waals surface area contributed by atoms with Crippen molar-refractivity contribution in [2.24, 2.45) is 17.8 Å². The second kappa shape index (κ2) is 11.1. The van der Waals surface area contributed by atoms with Gasteiger partial charge in [-0.05, 0) is 56.1 Å². The largest absolute Gasteiger partial charge is 0.511 e. The number of Topliss-reactive ketones (excluding diaryl/α,β-unsaturated/α-hetero) is 3. The maximum atomic E-state index is 13.0. The molecule has 0 aliphatic heterocycles. The van der Waals surface area contributed by atoms with Gasteiger partial charge in [-0.25, -0.2) is 0 Å². The van der Waals surface area contributed by atoms with E-state index in [1.165, 1.54) is 19.8 Å². The highest BCUT2D eigenvalue weighted by atomic mass is 16.3. The molecule has 3 aliphatic carbocycles. The Labute approximate surface area is 201 Å². The Bertz CT molecular complexity index is 991.